The SMILES string of the molecule is COc1ccccc1NC(=S)Nc1ccc(N(C)C)cc1. The van der Waals surface area contributed by atoms with Crippen LogP contribution in [-0.2, 0) is 0 Å². The number of anilines is 3. The van der Waals surface area contributed by atoms with Crippen LogP contribution in [0.25, 0.3) is 0 Å². The molecule has 0 aliphatic rings. The topological polar surface area (TPSA) is 36.5 Å². The normalized spacial score (nSPS) is 9.86. The quantitative estimate of drug-likeness (QED) is 0.844. The van der Waals surface area contributed by atoms with E-state index in [4.69, 9.17) is 17.0 Å². The summed E-state index contributed by atoms with van der Waals surface area (Å²) in [7, 11) is 5.66. The highest BCUT2D eigenvalue weighted by molar-refractivity contribution is 7.80. The first kappa shape index (κ1) is 15.1. The van der Waals surface area contributed by atoms with Gasteiger partial charge in [0.2, 0.25) is 0 Å². The molecule has 0 saturated heterocycles. The van der Waals surface area contributed by atoms with Gasteiger partial charge in [-0.1, -0.05) is 12.1 Å². The number of thiocarbonyl (C=S) groups is 1. The van der Waals surface area contributed by atoms with Crippen LogP contribution in [0.1, 0.15) is 0 Å². The lowest BCUT2D eigenvalue weighted by Crippen LogP contribution is -2.19. The lowest BCUT2D eigenvalue weighted by atomic mass is 10.2. The molecule has 0 unspecified atom stereocenters. The summed E-state index contributed by atoms with van der Waals surface area (Å²) in [5, 5.41) is 6.81. The third-order valence-corrected chi connectivity index (χ3v) is 3.20. The smallest absolute Gasteiger partial charge is 0.175 e. The molecule has 0 atom stereocenters. The van der Waals surface area contributed by atoms with Crippen molar-refractivity contribution in [3.63, 3.8) is 0 Å². The molecular weight excluding hydrogens is 282 g/mol. The number of methoxy groups -OCH3 is 1. The van der Waals surface area contributed by atoms with E-state index < -0.39 is 0 Å². The lowest BCUT2D eigenvalue weighted by Gasteiger charge is -2.15. The molecule has 0 amide bonds. The molecule has 2 N–H and O–H groups in total. The fourth-order valence-electron chi connectivity index (χ4n) is 1.88. The monoisotopic (exact) mass is 301 g/mol. The fourth-order valence-corrected chi connectivity index (χ4v) is 2.10. The number of nitrogens with zero attached hydrogens (tertiary/aromatic N) is 1. The third-order valence-electron chi connectivity index (χ3n) is 3.00. The van der Waals surface area contributed by atoms with Crippen molar-refractivity contribution < 1.29 is 4.74 Å². The molecule has 0 aliphatic heterocycles. The zero-order chi connectivity index (χ0) is 15.2. The molecule has 4 nitrogen and oxygen atoms in total. The molecule has 0 aliphatic carbocycles. The van der Waals surface area contributed by atoms with Gasteiger partial charge in [-0.2, -0.15) is 0 Å². The Hall–Kier alpha value is -2.27. The summed E-state index contributed by atoms with van der Waals surface area (Å²) in [6.07, 6.45) is 0. The first-order chi connectivity index (χ1) is 10.1. The molecule has 0 heterocycles. The van der Waals surface area contributed by atoms with Crippen molar-refractivity contribution in [3.05, 3.63) is 48.5 Å². The summed E-state index contributed by atoms with van der Waals surface area (Å²) >= 11 is 5.32. The van der Waals surface area contributed by atoms with E-state index in [0.29, 0.717) is 5.11 Å². The molecule has 0 spiro atoms. The number of hydrogen-bond acceptors (Lipinski definition) is 3. The molecule has 0 saturated carbocycles. The highest BCUT2D eigenvalue weighted by Gasteiger charge is 2.04. The van der Waals surface area contributed by atoms with E-state index in [1.54, 1.807) is 7.11 Å². The zero-order valence-electron chi connectivity index (χ0n) is 12.4. The number of para-hydroxylation sites is 2. The van der Waals surface area contributed by atoms with Crippen molar-refractivity contribution in [1.29, 1.82) is 0 Å². The minimum Gasteiger partial charge on any atom is -0.495 e. The van der Waals surface area contributed by atoms with Gasteiger partial charge in [-0.05, 0) is 48.6 Å². The highest BCUT2D eigenvalue weighted by atomic mass is 32.1. The summed E-state index contributed by atoms with van der Waals surface area (Å²) in [6.45, 7) is 0. The number of hydrogen-bond donors (Lipinski definition) is 2. The van der Waals surface area contributed by atoms with Crippen molar-refractivity contribution >= 4 is 34.4 Å². The van der Waals surface area contributed by atoms with E-state index in [0.717, 1.165) is 22.8 Å². The summed E-state index contributed by atoms with van der Waals surface area (Å²) in [5.41, 5.74) is 2.92. The average molecular weight is 301 g/mol. The Morgan fingerprint density at radius 2 is 1.67 bits per heavy atom. The minimum atomic E-state index is 0.525. The van der Waals surface area contributed by atoms with E-state index >= 15 is 0 Å². The second-order valence-electron chi connectivity index (χ2n) is 4.72. The Kier molecular flexibility index (Phi) is 5.00. The van der Waals surface area contributed by atoms with Gasteiger partial charge < -0.3 is 20.3 Å². The van der Waals surface area contributed by atoms with Crippen LogP contribution in [0.3, 0.4) is 0 Å². The number of rotatable bonds is 4. The van der Waals surface area contributed by atoms with E-state index in [1.165, 1.54) is 0 Å². The van der Waals surface area contributed by atoms with Gasteiger partial charge in [-0.15, -0.1) is 0 Å². The molecule has 2 aromatic carbocycles. The number of nitrogens with one attached hydrogen (secondary N) is 2. The maximum Gasteiger partial charge on any atom is 0.175 e. The first-order valence-corrected chi connectivity index (χ1v) is 6.99. The molecule has 2 aromatic rings. The molecule has 5 heteroatoms. The van der Waals surface area contributed by atoms with Gasteiger partial charge in [0.15, 0.2) is 5.11 Å². The Balaban J connectivity index is 2.01. The van der Waals surface area contributed by atoms with Crippen molar-refractivity contribution in [2.24, 2.45) is 0 Å². The maximum atomic E-state index is 5.32. The van der Waals surface area contributed by atoms with Gasteiger partial charge in [0, 0.05) is 25.5 Å². The third kappa shape index (κ3) is 4.10. The van der Waals surface area contributed by atoms with Crippen molar-refractivity contribution in [2.45, 2.75) is 0 Å². The predicted octanol–water partition coefficient (Wildman–Crippen LogP) is 3.57. The van der Waals surface area contributed by atoms with E-state index in [2.05, 4.69) is 15.5 Å². The Morgan fingerprint density at radius 3 is 2.29 bits per heavy atom. The van der Waals surface area contributed by atoms with Gasteiger partial charge >= 0.3 is 0 Å². The van der Waals surface area contributed by atoms with E-state index in [-0.39, 0.29) is 0 Å². The Morgan fingerprint density at radius 1 is 1.00 bits per heavy atom. The summed E-state index contributed by atoms with van der Waals surface area (Å²) in [6, 6.07) is 15.7. The van der Waals surface area contributed by atoms with Crippen LogP contribution in [0.4, 0.5) is 17.1 Å². The number of benzene rings is 2. The second-order valence-corrected chi connectivity index (χ2v) is 5.13. The zero-order valence-corrected chi connectivity index (χ0v) is 13.2. The molecule has 0 radical (unpaired) electrons. The van der Waals surface area contributed by atoms with Gasteiger partial charge in [-0.25, -0.2) is 0 Å². The summed E-state index contributed by atoms with van der Waals surface area (Å²) in [4.78, 5) is 2.05. The van der Waals surface area contributed by atoms with Crippen LogP contribution < -0.4 is 20.3 Å². The first-order valence-electron chi connectivity index (χ1n) is 6.58. The predicted molar refractivity (Wildman–Crippen MR) is 93.6 cm³/mol. The van der Waals surface area contributed by atoms with Crippen molar-refractivity contribution in [2.75, 3.05) is 36.7 Å². The maximum absolute atomic E-state index is 5.32. The van der Waals surface area contributed by atoms with Crippen molar-refractivity contribution in [1.82, 2.24) is 0 Å². The van der Waals surface area contributed by atoms with Crippen LogP contribution in [0.5, 0.6) is 5.75 Å². The van der Waals surface area contributed by atoms with Gasteiger partial charge in [-0.3, -0.25) is 0 Å². The van der Waals surface area contributed by atoms with Gasteiger partial charge in [0.05, 0.1) is 12.8 Å². The van der Waals surface area contributed by atoms with Crippen LogP contribution in [0.2, 0.25) is 0 Å². The molecule has 0 fully saturated rings. The summed E-state index contributed by atoms with van der Waals surface area (Å²) < 4.78 is 5.28. The van der Waals surface area contributed by atoms with Gasteiger partial charge in [0.1, 0.15) is 5.75 Å². The molecule has 2 rings (SSSR count). The molecule has 0 aromatic heterocycles. The van der Waals surface area contributed by atoms with Gasteiger partial charge in [0.25, 0.3) is 0 Å². The van der Waals surface area contributed by atoms with E-state index in [9.17, 15) is 0 Å². The fraction of sp³-hybridized carbons (Fsp3) is 0.188. The molecule has 0 bridgehead atoms. The van der Waals surface area contributed by atoms with Crippen LogP contribution in [0, 0.1) is 0 Å². The molecule has 21 heavy (non-hydrogen) atoms. The van der Waals surface area contributed by atoms with Crippen LogP contribution in [0.15, 0.2) is 48.5 Å². The minimum absolute atomic E-state index is 0.525. The van der Waals surface area contributed by atoms with E-state index in [1.807, 2.05) is 62.6 Å². The van der Waals surface area contributed by atoms with Crippen LogP contribution in [-0.4, -0.2) is 26.3 Å². The Bertz CT molecular complexity index is 611. The largest absolute Gasteiger partial charge is 0.495 e. The summed E-state index contributed by atoms with van der Waals surface area (Å²) in [5.74, 6) is 0.754. The molecular formula is C16H19N3OS. The Labute approximate surface area is 130 Å². The standard InChI is InChI=1S/C16H19N3OS/c1-19(2)13-10-8-12(9-11-13)17-16(21)18-14-6-4-5-7-15(14)20-3/h4-11H,1-3H3,(H2,17,18,21). The lowest BCUT2D eigenvalue weighted by molar-refractivity contribution is 0.417. The van der Waals surface area contributed by atoms with Crippen molar-refractivity contribution in [3.8, 4) is 5.75 Å². The second kappa shape index (κ2) is 6.95. The van der Waals surface area contributed by atoms with Crippen LogP contribution >= 0.6 is 12.2 Å². The average Bonchev–Trinajstić information content (AvgIpc) is 2.48. The molecule has 110 valence electrons. The highest BCUT2D eigenvalue weighted by Crippen LogP contribution is 2.23. The number of ether oxygens (including phenoxy) is 1.